The molecule has 0 saturated heterocycles. The fraction of sp³-hybridized carbons (Fsp3) is 0.105. The van der Waals surface area contributed by atoms with Gasteiger partial charge >= 0.3 is 0 Å². The fourth-order valence-electron chi connectivity index (χ4n) is 2.44. The van der Waals surface area contributed by atoms with Gasteiger partial charge in [0.15, 0.2) is 0 Å². The number of halogens is 2. The maximum Gasteiger partial charge on any atom is 0.255 e. The number of rotatable bonds is 4. The van der Waals surface area contributed by atoms with Gasteiger partial charge in [0.05, 0.1) is 17.3 Å². The molecule has 5 nitrogen and oxygen atoms in total. The van der Waals surface area contributed by atoms with Crippen LogP contribution >= 0.6 is 0 Å². The van der Waals surface area contributed by atoms with E-state index in [1.54, 1.807) is 31.2 Å². The molecule has 1 aromatic heterocycles. The maximum absolute atomic E-state index is 13.9. The predicted octanol–water partition coefficient (Wildman–Crippen LogP) is 3.56. The SMILES string of the molecule is Cc1c(Cc2c(F)cccc2F)nc(Nc2ccc(C#N)cc2)[nH]c1=O. The first-order valence-electron chi connectivity index (χ1n) is 7.78. The van der Waals surface area contributed by atoms with Crippen LogP contribution < -0.4 is 10.9 Å². The number of aromatic amines is 1. The predicted molar refractivity (Wildman–Crippen MR) is 93.2 cm³/mol. The van der Waals surface area contributed by atoms with E-state index < -0.39 is 17.2 Å². The Balaban J connectivity index is 1.94. The van der Waals surface area contributed by atoms with E-state index in [0.29, 0.717) is 11.3 Å². The van der Waals surface area contributed by atoms with Crippen molar-refractivity contribution in [3.63, 3.8) is 0 Å². The molecule has 0 bridgehead atoms. The fourth-order valence-corrected chi connectivity index (χ4v) is 2.44. The molecule has 0 fully saturated rings. The molecule has 130 valence electrons. The average Bonchev–Trinajstić information content (AvgIpc) is 2.63. The van der Waals surface area contributed by atoms with Gasteiger partial charge in [0.1, 0.15) is 11.6 Å². The van der Waals surface area contributed by atoms with Crippen molar-refractivity contribution in [2.24, 2.45) is 0 Å². The Hall–Kier alpha value is -3.53. The smallest absolute Gasteiger partial charge is 0.255 e. The molecule has 3 rings (SSSR count). The summed E-state index contributed by atoms with van der Waals surface area (Å²) < 4.78 is 27.8. The summed E-state index contributed by atoms with van der Waals surface area (Å²) in [6, 6.07) is 12.2. The Labute approximate surface area is 148 Å². The number of nitrogens with zero attached hydrogens (tertiary/aromatic N) is 2. The molecule has 0 saturated carbocycles. The third-order valence-corrected chi connectivity index (χ3v) is 3.93. The van der Waals surface area contributed by atoms with E-state index >= 15 is 0 Å². The summed E-state index contributed by atoms with van der Waals surface area (Å²) in [6.07, 6.45) is -0.143. The third-order valence-electron chi connectivity index (χ3n) is 3.93. The van der Waals surface area contributed by atoms with Gasteiger partial charge in [0, 0.05) is 23.2 Å². The third kappa shape index (κ3) is 3.59. The second kappa shape index (κ2) is 7.15. The molecule has 0 amide bonds. The molecule has 0 atom stereocenters. The molecule has 2 aromatic carbocycles. The van der Waals surface area contributed by atoms with Crippen LogP contribution in [-0.4, -0.2) is 9.97 Å². The largest absolute Gasteiger partial charge is 0.326 e. The van der Waals surface area contributed by atoms with Crippen molar-refractivity contribution in [3.05, 3.63) is 86.8 Å². The second-order valence-electron chi connectivity index (χ2n) is 5.68. The molecule has 0 aliphatic heterocycles. The van der Waals surface area contributed by atoms with Gasteiger partial charge in [-0.25, -0.2) is 13.8 Å². The summed E-state index contributed by atoms with van der Waals surface area (Å²) in [4.78, 5) is 19.0. The molecule has 7 heteroatoms. The number of H-pyrrole nitrogens is 1. The molecular formula is C19H14F2N4O. The lowest BCUT2D eigenvalue weighted by Gasteiger charge is -2.10. The highest BCUT2D eigenvalue weighted by Crippen LogP contribution is 2.19. The van der Waals surface area contributed by atoms with Gasteiger partial charge in [-0.3, -0.25) is 9.78 Å². The summed E-state index contributed by atoms with van der Waals surface area (Å²) in [7, 11) is 0. The van der Waals surface area contributed by atoms with Crippen LogP contribution in [0, 0.1) is 29.9 Å². The Morgan fingerprint density at radius 1 is 1.15 bits per heavy atom. The second-order valence-corrected chi connectivity index (χ2v) is 5.68. The number of nitrogens with one attached hydrogen (secondary N) is 2. The normalized spacial score (nSPS) is 10.4. The first-order valence-corrected chi connectivity index (χ1v) is 7.78. The molecule has 0 radical (unpaired) electrons. The van der Waals surface area contributed by atoms with Crippen LogP contribution in [0.1, 0.15) is 22.4 Å². The highest BCUT2D eigenvalue weighted by atomic mass is 19.1. The minimum absolute atomic E-state index is 0.141. The number of hydrogen-bond donors (Lipinski definition) is 2. The number of nitriles is 1. The Morgan fingerprint density at radius 3 is 2.42 bits per heavy atom. The molecule has 1 heterocycles. The minimum Gasteiger partial charge on any atom is -0.326 e. The summed E-state index contributed by atoms with van der Waals surface area (Å²) in [5.74, 6) is -1.22. The molecular weight excluding hydrogens is 338 g/mol. The summed E-state index contributed by atoms with van der Waals surface area (Å²) in [5, 5.41) is 11.7. The number of anilines is 2. The number of aromatic nitrogens is 2. The molecule has 26 heavy (non-hydrogen) atoms. The number of benzene rings is 2. The van der Waals surface area contributed by atoms with Crippen molar-refractivity contribution >= 4 is 11.6 Å². The monoisotopic (exact) mass is 352 g/mol. The number of hydrogen-bond acceptors (Lipinski definition) is 4. The van der Waals surface area contributed by atoms with E-state index in [9.17, 15) is 13.6 Å². The lowest BCUT2D eigenvalue weighted by molar-refractivity contribution is 0.560. The standard InChI is InChI=1S/C19H14F2N4O/c1-11-17(9-14-15(20)3-2-4-16(14)21)24-19(25-18(11)26)23-13-7-5-12(10-22)6-8-13/h2-8H,9H2,1H3,(H2,23,24,25,26). The molecule has 0 aliphatic rings. The van der Waals surface area contributed by atoms with E-state index in [4.69, 9.17) is 5.26 Å². The van der Waals surface area contributed by atoms with Crippen molar-refractivity contribution < 1.29 is 8.78 Å². The van der Waals surface area contributed by atoms with Crippen molar-refractivity contribution in [1.82, 2.24) is 9.97 Å². The van der Waals surface area contributed by atoms with Gasteiger partial charge in [-0.05, 0) is 43.3 Å². The van der Waals surface area contributed by atoms with Crippen molar-refractivity contribution in [3.8, 4) is 6.07 Å². The molecule has 0 aliphatic carbocycles. The average molecular weight is 352 g/mol. The summed E-state index contributed by atoms with van der Waals surface area (Å²) in [6.45, 7) is 1.55. The van der Waals surface area contributed by atoms with Crippen LogP contribution in [0.25, 0.3) is 0 Å². The van der Waals surface area contributed by atoms with E-state index in [1.165, 1.54) is 6.07 Å². The van der Waals surface area contributed by atoms with E-state index in [2.05, 4.69) is 15.3 Å². The van der Waals surface area contributed by atoms with Crippen LogP contribution in [-0.2, 0) is 6.42 Å². The quantitative estimate of drug-likeness (QED) is 0.752. The van der Waals surface area contributed by atoms with Crippen LogP contribution in [0.2, 0.25) is 0 Å². The van der Waals surface area contributed by atoms with Crippen molar-refractivity contribution in [1.29, 1.82) is 5.26 Å². The van der Waals surface area contributed by atoms with E-state index in [-0.39, 0.29) is 29.2 Å². The molecule has 2 N–H and O–H groups in total. The van der Waals surface area contributed by atoms with Crippen molar-refractivity contribution in [2.75, 3.05) is 5.32 Å². The molecule has 3 aromatic rings. The molecule has 0 spiro atoms. The zero-order valence-corrected chi connectivity index (χ0v) is 13.8. The zero-order valence-electron chi connectivity index (χ0n) is 13.8. The van der Waals surface area contributed by atoms with Gasteiger partial charge in [-0.1, -0.05) is 6.07 Å². The van der Waals surface area contributed by atoms with Crippen LogP contribution in [0.5, 0.6) is 0 Å². The first kappa shape index (κ1) is 17.3. The van der Waals surface area contributed by atoms with Gasteiger partial charge in [0.2, 0.25) is 5.95 Å². The minimum atomic E-state index is -0.687. The summed E-state index contributed by atoms with van der Waals surface area (Å²) in [5.41, 5.74) is 1.13. The van der Waals surface area contributed by atoms with Crippen LogP contribution in [0.3, 0.4) is 0 Å². The van der Waals surface area contributed by atoms with Crippen LogP contribution in [0.4, 0.5) is 20.4 Å². The maximum atomic E-state index is 13.9. The Morgan fingerprint density at radius 2 is 1.81 bits per heavy atom. The summed E-state index contributed by atoms with van der Waals surface area (Å²) >= 11 is 0. The Bertz CT molecular complexity index is 1030. The van der Waals surface area contributed by atoms with E-state index in [0.717, 1.165) is 12.1 Å². The highest BCUT2D eigenvalue weighted by molar-refractivity contribution is 5.55. The highest BCUT2D eigenvalue weighted by Gasteiger charge is 2.14. The zero-order chi connectivity index (χ0) is 18.7. The van der Waals surface area contributed by atoms with Gasteiger partial charge in [0.25, 0.3) is 5.56 Å². The van der Waals surface area contributed by atoms with Crippen LogP contribution in [0.15, 0.2) is 47.3 Å². The molecule has 0 unspecified atom stereocenters. The van der Waals surface area contributed by atoms with Gasteiger partial charge in [-0.15, -0.1) is 0 Å². The van der Waals surface area contributed by atoms with Gasteiger partial charge < -0.3 is 5.32 Å². The lowest BCUT2D eigenvalue weighted by Crippen LogP contribution is -2.18. The van der Waals surface area contributed by atoms with Gasteiger partial charge in [-0.2, -0.15) is 5.26 Å². The topological polar surface area (TPSA) is 81.6 Å². The lowest BCUT2D eigenvalue weighted by atomic mass is 10.1. The first-order chi connectivity index (χ1) is 12.5. The Kier molecular flexibility index (Phi) is 4.76. The van der Waals surface area contributed by atoms with Crippen molar-refractivity contribution in [2.45, 2.75) is 13.3 Å². The van der Waals surface area contributed by atoms with E-state index in [1.807, 2.05) is 6.07 Å².